The monoisotopic (exact) mass is 121 g/mol. The van der Waals surface area contributed by atoms with Crippen molar-refractivity contribution in [2.45, 2.75) is 13.3 Å². The quantitative estimate of drug-likeness (QED) is 0.571. The molecule has 0 aromatic heterocycles. The van der Waals surface area contributed by atoms with Gasteiger partial charge in [-0.15, -0.1) is 0 Å². The third-order valence-electron chi connectivity index (χ3n) is 0.617. The molecular weight excluding hydrogens is 110 g/mol. The summed E-state index contributed by atoms with van der Waals surface area (Å²) in [5, 5.41) is 0. The van der Waals surface area contributed by atoms with Crippen LogP contribution in [-0.4, -0.2) is 17.0 Å². The fourth-order valence-corrected chi connectivity index (χ4v) is 0.862. The summed E-state index contributed by atoms with van der Waals surface area (Å²) in [6.45, 7) is 2.01. The van der Waals surface area contributed by atoms with Crippen LogP contribution in [0.25, 0.3) is 0 Å². The SMILES string of the molecule is CCC[S@](=O)NC. The maximum atomic E-state index is 10.4. The predicted molar refractivity (Wildman–Crippen MR) is 32.4 cm³/mol. The summed E-state index contributed by atoms with van der Waals surface area (Å²) in [5.41, 5.74) is 0. The van der Waals surface area contributed by atoms with Crippen LogP contribution in [0.1, 0.15) is 13.3 Å². The van der Waals surface area contributed by atoms with E-state index >= 15 is 0 Å². The molecule has 1 N–H and O–H groups in total. The smallest absolute Gasteiger partial charge is 0.0912 e. The van der Waals surface area contributed by atoms with Gasteiger partial charge < -0.3 is 0 Å². The van der Waals surface area contributed by atoms with Gasteiger partial charge in [-0.2, -0.15) is 0 Å². The normalized spacial score (nSPS) is 14.0. The number of hydrogen-bond donors (Lipinski definition) is 1. The highest BCUT2D eigenvalue weighted by Gasteiger charge is 1.87. The van der Waals surface area contributed by atoms with Gasteiger partial charge in [-0.05, 0) is 13.5 Å². The third-order valence-corrected chi connectivity index (χ3v) is 1.85. The van der Waals surface area contributed by atoms with Crippen LogP contribution in [0.4, 0.5) is 0 Å². The fourth-order valence-electron chi connectivity index (χ4n) is 0.287. The van der Waals surface area contributed by atoms with Crippen molar-refractivity contribution in [2.75, 3.05) is 12.8 Å². The van der Waals surface area contributed by atoms with Crippen LogP contribution >= 0.6 is 0 Å². The molecule has 0 aromatic carbocycles. The van der Waals surface area contributed by atoms with Gasteiger partial charge in [-0.1, -0.05) is 6.92 Å². The van der Waals surface area contributed by atoms with Crippen LogP contribution in [-0.2, 0) is 11.0 Å². The van der Waals surface area contributed by atoms with E-state index in [1.165, 1.54) is 0 Å². The molecule has 0 aliphatic carbocycles. The lowest BCUT2D eigenvalue weighted by atomic mass is 10.6. The Morgan fingerprint density at radius 2 is 2.29 bits per heavy atom. The Kier molecular flexibility index (Phi) is 4.34. The lowest BCUT2D eigenvalue weighted by molar-refractivity contribution is 0.676. The van der Waals surface area contributed by atoms with Crippen molar-refractivity contribution in [1.29, 1.82) is 0 Å². The first-order valence-electron chi connectivity index (χ1n) is 2.37. The van der Waals surface area contributed by atoms with Gasteiger partial charge in [0.15, 0.2) is 0 Å². The molecule has 0 saturated heterocycles. The Bertz CT molecular complexity index is 64.7. The zero-order valence-corrected chi connectivity index (χ0v) is 5.55. The number of hydrogen-bond acceptors (Lipinski definition) is 1. The molecule has 0 amide bonds. The summed E-state index contributed by atoms with van der Waals surface area (Å²) in [7, 11) is 0.923. The molecule has 0 radical (unpaired) electrons. The number of rotatable bonds is 3. The van der Waals surface area contributed by atoms with Crippen molar-refractivity contribution >= 4 is 11.0 Å². The van der Waals surface area contributed by atoms with Crippen LogP contribution in [0.3, 0.4) is 0 Å². The predicted octanol–water partition coefficient (Wildman–Crippen LogP) is 0.280. The molecule has 0 spiro atoms. The summed E-state index contributed by atoms with van der Waals surface area (Å²) in [6, 6.07) is 0. The molecule has 2 nitrogen and oxygen atoms in total. The van der Waals surface area contributed by atoms with E-state index in [1.807, 2.05) is 6.92 Å². The highest BCUT2D eigenvalue weighted by Crippen LogP contribution is 1.77. The van der Waals surface area contributed by atoms with Crippen LogP contribution in [0.15, 0.2) is 0 Å². The Balaban J connectivity index is 3.00. The number of nitrogens with one attached hydrogen (secondary N) is 1. The van der Waals surface area contributed by atoms with Crippen LogP contribution in [0.2, 0.25) is 0 Å². The maximum absolute atomic E-state index is 10.4. The molecule has 1 atom stereocenters. The standard InChI is InChI=1S/C4H11NOS/c1-3-4-7(6)5-2/h5H,3-4H2,1-2H3/t7-/m0/s1. The second kappa shape index (κ2) is 4.27. The van der Waals surface area contributed by atoms with Crippen molar-refractivity contribution in [3.05, 3.63) is 0 Å². The summed E-state index contributed by atoms with van der Waals surface area (Å²) >= 11 is 0. The van der Waals surface area contributed by atoms with E-state index in [4.69, 9.17) is 0 Å². The molecular formula is C4H11NOS. The molecule has 3 heteroatoms. The van der Waals surface area contributed by atoms with E-state index in [1.54, 1.807) is 7.05 Å². The highest BCUT2D eigenvalue weighted by molar-refractivity contribution is 7.82. The Labute approximate surface area is 46.9 Å². The van der Waals surface area contributed by atoms with E-state index in [2.05, 4.69) is 4.72 Å². The van der Waals surface area contributed by atoms with Gasteiger partial charge in [-0.25, -0.2) is 8.93 Å². The van der Waals surface area contributed by atoms with Gasteiger partial charge in [-0.3, -0.25) is 0 Å². The molecule has 0 fully saturated rings. The average Bonchev–Trinajstić information content (AvgIpc) is 1.68. The lowest BCUT2D eigenvalue weighted by Gasteiger charge is -1.91. The summed E-state index contributed by atoms with van der Waals surface area (Å²) < 4.78 is 13.0. The second-order valence-corrected chi connectivity index (χ2v) is 2.76. The molecule has 0 unspecified atom stereocenters. The minimum Gasteiger partial charge on any atom is -0.243 e. The van der Waals surface area contributed by atoms with E-state index in [-0.39, 0.29) is 0 Å². The van der Waals surface area contributed by atoms with Crippen molar-refractivity contribution < 1.29 is 4.21 Å². The van der Waals surface area contributed by atoms with Gasteiger partial charge in [0.25, 0.3) is 0 Å². The Morgan fingerprint density at radius 3 is 2.43 bits per heavy atom. The summed E-state index contributed by atoms with van der Waals surface area (Å²) in [4.78, 5) is 0. The summed E-state index contributed by atoms with van der Waals surface area (Å²) in [5.74, 6) is 0.760. The lowest BCUT2D eigenvalue weighted by Crippen LogP contribution is -2.12. The van der Waals surface area contributed by atoms with Gasteiger partial charge in [0.2, 0.25) is 0 Å². The minimum atomic E-state index is -0.777. The Hall–Kier alpha value is 0.110. The van der Waals surface area contributed by atoms with Crippen LogP contribution < -0.4 is 4.72 Å². The summed E-state index contributed by atoms with van der Waals surface area (Å²) in [6.07, 6.45) is 0.980. The zero-order valence-electron chi connectivity index (χ0n) is 4.73. The zero-order chi connectivity index (χ0) is 5.70. The topological polar surface area (TPSA) is 29.1 Å². The molecule has 0 aliphatic heterocycles. The highest BCUT2D eigenvalue weighted by atomic mass is 32.2. The molecule has 44 valence electrons. The van der Waals surface area contributed by atoms with E-state index in [0.717, 1.165) is 12.2 Å². The van der Waals surface area contributed by atoms with Gasteiger partial charge in [0.1, 0.15) is 0 Å². The molecule has 0 bridgehead atoms. The first kappa shape index (κ1) is 7.11. The van der Waals surface area contributed by atoms with Crippen molar-refractivity contribution in [2.24, 2.45) is 0 Å². The molecule has 0 aliphatic rings. The van der Waals surface area contributed by atoms with E-state index < -0.39 is 11.0 Å². The van der Waals surface area contributed by atoms with Crippen molar-refractivity contribution in [3.8, 4) is 0 Å². The molecule has 7 heavy (non-hydrogen) atoms. The van der Waals surface area contributed by atoms with E-state index in [9.17, 15) is 4.21 Å². The maximum Gasteiger partial charge on any atom is 0.0912 e. The van der Waals surface area contributed by atoms with Crippen LogP contribution in [0, 0.1) is 0 Å². The second-order valence-electron chi connectivity index (χ2n) is 1.25. The fraction of sp³-hybridized carbons (Fsp3) is 1.00. The van der Waals surface area contributed by atoms with Crippen molar-refractivity contribution in [1.82, 2.24) is 4.72 Å². The first-order chi connectivity index (χ1) is 3.31. The minimum absolute atomic E-state index is 0.760. The molecule has 0 aromatic rings. The Morgan fingerprint density at radius 1 is 1.71 bits per heavy atom. The third kappa shape index (κ3) is 3.95. The molecule has 0 saturated carbocycles. The van der Waals surface area contributed by atoms with Gasteiger partial charge in [0.05, 0.1) is 11.0 Å². The van der Waals surface area contributed by atoms with Gasteiger partial charge in [0, 0.05) is 5.75 Å². The first-order valence-corrected chi connectivity index (χ1v) is 3.69. The van der Waals surface area contributed by atoms with Gasteiger partial charge >= 0.3 is 0 Å². The largest absolute Gasteiger partial charge is 0.243 e. The van der Waals surface area contributed by atoms with Crippen LogP contribution in [0.5, 0.6) is 0 Å². The molecule has 0 rings (SSSR count). The van der Waals surface area contributed by atoms with E-state index in [0.29, 0.717) is 0 Å². The molecule has 0 heterocycles. The van der Waals surface area contributed by atoms with Crippen molar-refractivity contribution in [3.63, 3.8) is 0 Å². The average molecular weight is 121 g/mol.